The molecule has 0 bridgehead atoms. The largest absolute Gasteiger partial charge is 0.299 e. The smallest absolute Gasteiger partial charge is 0.179 e. The highest BCUT2D eigenvalue weighted by Crippen LogP contribution is 2.21. The molecule has 2 aromatic carbocycles. The molecule has 0 fully saturated rings. The number of ketones is 1. The summed E-state index contributed by atoms with van der Waals surface area (Å²) in [7, 11) is -3.50. The second-order valence-electron chi connectivity index (χ2n) is 6.54. The summed E-state index contributed by atoms with van der Waals surface area (Å²) in [6.45, 7) is 5.55. The number of rotatable bonds is 7. The zero-order valence-electron chi connectivity index (χ0n) is 14.4. The van der Waals surface area contributed by atoms with Gasteiger partial charge >= 0.3 is 0 Å². The highest BCUT2D eigenvalue weighted by molar-refractivity contribution is 7.91. The number of benzene rings is 2. The summed E-state index contributed by atoms with van der Waals surface area (Å²) in [5.41, 5.74) is 1.99. The van der Waals surface area contributed by atoms with E-state index in [9.17, 15) is 13.2 Å². The lowest BCUT2D eigenvalue weighted by Crippen LogP contribution is -2.29. The van der Waals surface area contributed by atoms with Gasteiger partial charge in [0.05, 0.1) is 10.6 Å². The molecule has 2 rings (SSSR count). The van der Waals surface area contributed by atoms with Crippen LogP contribution in [0.3, 0.4) is 0 Å². The molecule has 0 aromatic heterocycles. The molecule has 0 aliphatic rings. The van der Waals surface area contributed by atoms with Gasteiger partial charge in [0, 0.05) is 11.8 Å². The maximum Gasteiger partial charge on any atom is 0.179 e. The fraction of sp³-hybridized carbons (Fsp3) is 0.350. The Morgan fingerprint density at radius 3 is 2.08 bits per heavy atom. The Balaban J connectivity index is 2.27. The van der Waals surface area contributed by atoms with Gasteiger partial charge < -0.3 is 0 Å². The minimum atomic E-state index is -3.50. The Morgan fingerprint density at radius 1 is 0.958 bits per heavy atom. The lowest BCUT2D eigenvalue weighted by Gasteiger charge is -2.18. The summed E-state index contributed by atoms with van der Waals surface area (Å²) in [5.74, 6) is -0.873. The zero-order chi connectivity index (χ0) is 17.7. The number of aryl methyl sites for hydroxylation is 1. The Hall–Kier alpha value is -1.94. The predicted octanol–water partition coefficient (Wildman–Crippen LogP) is 3.85. The van der Waals surface area contributed by atoms with Gasteiger partial charge in [-0.15, -0.1) is 0 Å². The van der Waals surface area contributed by atoms with Gasteiger partial charge in [-0.2, -0.15) is 0 Å². The number of carbonyl (C=O) groups excluding carboxylic acids is 1. The van der Waals surface area contributed by atoms with E-state index in [0.29, 0.717) is 6.42 Å². The highest BCUT2D eigenvalue weighted by Gasteiger charge is 2.28. The average Bonchev–Trinajstić information content (AvgIpc) is 2.54. The summed E-state index contributed by atoms with van der Waals surface area (Å²) in [6, 6.07) is 16.4. The second-order valence-corrected chi connectivity index (χ2v) is 8.57. The van der Waals surface area contributed by atoms with Gasteiger partial charge in [0.2, 0.25) is 0 Å². The van der Waals surface area contributed by atoms with E-state index in [1.807, 2.05) is 51.1 Å². The van der Waals surface area contributed by atoms with E-state index in [4.69, 9.17) is 0 Å². The number of carbonyl (C=O) groups is 1. The van der Waals surface area contributed by atoms with Crippen molar-refractivity contribution >= 4 is 15.6 Å². The SMILES string of the molecule is Cc1ccc(S(=O)(=O)C[C@@H](Cc2ccccc2)C(=O)C(C)C)cc1. The summed E-state index contributed by atoms with van der Waals surface area (Å²) >= 11 is 0. The van der Waals surface area contributed by atoms with Gasteiger partial charge in [0.1, 0.15) is 5.78 Å². The molecule has 0 spiro atoms. The fourth-order valence-electron chi connectivity index (χ4n) is 2.72. The molecule has 0 heterocycles. The second kappa shape index (κ2) is 7.75. The fourth-order valence-corrected chi connectivity index (χ4v) is 4.27. The van der Waals surface area contributed by atoms with Crippen molar-refractivity contribution in [2.24, 2.45) is 11.8 Å². The number of sulfone groups is 1. The summed E-state index contributed by atoms with van der Waals surface area (Å²) in [4.78, 5) is 12.8. The molecule has 2 aromatic rings. The maximum absolute atomic E-state index is 12.7. The molecule has 0 amide bonds. The van der Waals surface area contributed by atoms with Gasteiger partial charge in [0.15, 0.2) is 9.84 Å². The van der Waals surface area contributed by atoms with Crippen LogP contribution >= 0.6 is 0 Å². The van der Waals surface area contributed by atoms with Crippen molar-refractivity contribution in [2.75, 3.05) is 5.75 Å². The Kier molecular flexibility index (Phi) is 5.94. The molecule has 0 unspecified atom stereocenters. The molecule has 0 radical (unpaired) electrons. The zero-order valence-corrected chi connectivity index (χ0v) is 15.2. The molecule has 0 aliphatic carbocycles. The Bertz CT molecular complexity index is 775. The van der Waals surface area contributed by atoms with Crippen LogP contribution in [0.15, 0.2) is 59.5 Å². The van der Waals surface area contributed by atoms with E-state index in [2.05, 4.69) is 0 Å². The first-order valence-electron chi connectivity index (χ1n) is 8.16. The van der Waals surface area contributed by atoms with Crippen molar-refractivity contribution in [3.8, 4) is 0 Å². The summed E-state index contributed by atoms with van der Waals surface area (Å²) in [5, 5.41) is 0. The van der Waals surface area contributed by atoms with E-state index >= 15 is 0 Å². The van der Waals surface area contributed by atoms with Crippen LogP contribution in [0.1, 0.15) is 25.0 Å². The van der Waals surface area contributed by atoms with Gasteiger partial charge in [-0.05, 0) is 31.0 Å². The molecule has 1 atom stereocenters. The molecule has 24 heavy (non-hydrogen) atoms. The first-order valence-corrected chi connectivity index (χ1v) is 9.82. The van der Waals surface area contributed by atoms with Gasteiger partial charge in [-0.3, -0.25) is 4.79 Å². The first kappa shape index (κ1) is 18.4. The molecule has 0 N–H and O–H groups in total. The quantitative estimate of drug-likeness (QED) is 0.766. The van der Waals surface area contributed by atoms with Crippen LogP contribution in [-0.2, 0) is 21.1 Å². The molecule has 0 saturated carbocycles. The van der Waals surface area contributed by atoms with E-state index < -0.39 is 15.8 Å². The van der Waals surface area contributed by atoms with E-state index in [1.54, 1.807) is 24.3 Å². The molecule has 4 heteroatoms. The number of hydrogen-bond donors (Lipinski definition) is 0. The van der Waals surface area contributed by atoms with Crippen molar-refractivity contribution in [3.05, 3.63) is 65.7 Å². The average molecular weight is 344 g/mol. The molecular weight excluding hydrogens is 320 g/mol. The lowest BCUT2D eigenvalue weighted by atomic mass is 9.91. The minimum absolute atomic E-state index is 0.00506. The van der Waals surface area contributed by atoms with Crippen molar-refractivity contribution < 1.29 is 13.2 Å². The van der Waals surface area contributed by atoms with Crippen LogP contribution in [0.4, 0.5) is 0 Å². The van der Waals surface area contributed by atoms with Gasteiger partial charge in [-0.1, -0.05) is 61.9 Å². The molecule has 0 aliphatic heterocycles. The van der Waals surface area contributed by atoms with E-state index in [-0.39, 0.29) is 22.3 Å². The van der Waals surface area contributed by atoms with Crippen LogP contribution in [0.25, 0.3) is 0 Å². The topological polar surface area (TPSA) is 51.2 Å². The van der Waals surface area contributed by atoms with Crippen molar-refractivity contribution in [1.82, 2.24) is 0 Å². The van der Waals surface area contributed by atoms with Crippen molar-refractivity contribution in [1.29, 1.82) is 0 Å². The van der Waals surface area contributed by atoms with E-state index in [1.165, 1.54) is 0 Å². The van der Waals surface area contributed by atoms with Crippen molar-refractivity contribution in [2.45, 2.75) is 32.1 Å². The van der Waals surface area contributed by atoms with Crippen LogP contribution < -0.4 is 0 Å². The third-order valence-corrected chi connectivity index (χ3v) is 5.93. The van der Waals surface area contributed by atoms with Crippen LogP contribution in [0.5, 0.6) is 0 Å². The maximum atomic E-state index is 12.7. The lowest BCUT2D eigenvalue weighted by molar-refractivity contribution is -0.125. The monoisotopic (exact) mass is 344 g/mol. The van der Waals surface area contributed by atoms with E-state index in [0.717, 1.165) is 11.1 Å². The highest BCUT2D eigenvalue weighted by atomic mass is 32.2. The van der Waals surface area contributed by atoms with Gasteiger partial charge in [-0.25, -0.2) is 8.42 Å². The molecule has 128 valence electrons. The standard InChI is InChI=1S/C20H24O3S/c1-15(2)20(21)18(13-17-7-5-4-6-8-17)14-24(22,23)19-11-9-16(3)10-12-19/h4-12,15,18H,13-14H2,1-3H3/t18-/m1/s1. The Morgan fingerprint density at radius 2 is 1.54 bits per heavy atom. The minimum Gasteiger partial charge on any atom is -0.299 e. The van der Waals surface area contributed by atoms with Crippen LogP contribution in [-0.4, -0.2) is 20.0 Å². The summed E-state index contributed by atoms with van der Waals surface area (Å²) < 4.78 is 25.4. The summed E-state index contributed by atoms with van der Waals surface area (Å²) in [6.07, 6.45) is 0.447. The number of Topliss-reactive ketones (excluding diaryl/α,β-unsaturated/α-hetero) is 1. The molecule has 3 nitrogen and oxygen atoms in total. The predicted molar refractivity (Wildman–Crippen MR) is 96.7 cm³/mol. The first-order chi connectivity index (χ1) is 11.3. The Labute approximate surface area is 144 Å². The van der Waals surface area contributed by atoms with Gasteiger partial charge in [0.25, 0.3) is 0 Å². The molecule has 0 saturated heterocycles. The molecular formula is C20H24O3S. The third kappa shape index (κ3) is 4.78. The van der Waals surface area contributed by atoms with Crippen LogP contribution in [0.2, 0.25) is 0 Å². The normalized spacial score (nSPS) is 13.0. The number of hydrogen-bond acceptors (Lipinski definition) is 3. The third-order valence-electron chi connectivity index (χ3n) is 4.10. The van der Waals surface area contributed by atoms with Crippen LogP contribution in [0, 0.1) is 18.8 Å². The van der Waals surface area contributed by atoms with Crippen molar-refractivity contribution in [3.63, 3.8) is 0 Å².